The predicted molar refractivity (Wildman–Crippen MR) is 93.3 cm³/mol. The zero-order chi connectivity index (χ0) is 17.2. The summed E-state index contributed by atoms with van der Waals surface area (Å²) < 4.78 is 1.66. The molecule has 0 atom stereocenters. The van der Waals surface area contributed by atoms with Crippen molar-refractivity contribution in [1.29, 1.82) is 0 Å². The van der Waals surface area contributed by atoms with Crippen LogP contribution in [-0.4, -0.2) is 37.9 Å². The quantitative estimate of drug-likeness (QED) is 0.746. The van der Waals surface area contributed by atoms with Crippen molar-refractivity contribution in [3.63, 3.8) is 0 Å². The molecule has 0 unspecified atom stereocenters. The summed E-state index contributed by atoms with van der Waals surface area (Å²) in [6.45, 7) is 3.30. The van der Waals surface area contributed by atoms with E-state index < -0.39 is 11.4 Å². The summed E-state index contributed by atoms with van der Waals surface area (Å²) in [5.41, 5.74) is 0.0899. The molecule has 3 aromatic rings. The molecule has 0 saturated carbocycles. The van der Waals surface area contributed by atoms with Crippen LogP contribution in [0, 0.1) is 0 Å². The second-order valence-electron chi connectivity index (χ2n) is 5.98. The second-order valence-corrected chi connectivity index (χ2v) is 6.93. The molecule has 0 fully saturated rings. The molecule has 0 aliphatic rings. The largest absolute Gasteiger partial charge is 0.394 e. The van der Waals surface area contributed by atoms with Gasteiger partial charge in [-0.05, 0) is 37.4 Å². The van der Waals surface area contributed by atoms with Crippen molar-refractivity contribution in [3.8, 4) is 16.4 Å². The molecule has 6 nitrogen and oxygen atoms in total. The Morgan fingerprint density at radius 2 is 2.00 bits per heavy atom. The van der Waals surface area contributed by atoms with Gasteiger partial charge in [0.2, 0.25) is 5.82 Å². The van der Waals surface area contributed by atoms with Crippen LogP contribution in [0.25, 0.3) is 16.4 Å². The molecule has 0 radical (unpaired) electrons. The zero-order valence-corrected chi connectivity index (χ0v) is 14.2. The first-order valence-corrected chi connectivity index (χ1v) is 8.38. The van der Waals surface area contributed by atoms with Gasteiger partial charge in [0.1, 0.15) is 0 Å². The molecular formula is C17H18N4O2S. The van der Waals surface area contributed by atoms with Gasteiger partial charge in [-0.3, -0.25) is 4.79 Å². The van der Waals surface area contributed by atoms with Gasteiger partial charge in [-0.2, -0.15) is 0 Å². The van der Waals surface area contributed by atoms with Gasteiger partial charge in [-0.1, -0.05) is 24.3 Å². The molecule has 0 bridgehead atoms. The lowest BCUT2D eigenvalue weighted by Crippen LogP contribution is -2.46. The van der Waals surface area contributed by atoms with Crippen LogP contribution in [0.15, 0.2) is 47.8 Å². The minimum atomic E-state index is -0.738. The van der Waals surface area contributed by atoms with Crippen LogP contribution in [0.3, 0.4) is 0 Å². The third kappa shape index (κ3) is 3.37. The summed E-state index contributed by atoms with van der Waals surface area (Å²) in [7, 11) is 0. The van der Waals surface area contributed by atoms with Crippen LogP contribution in [0.2, 0.25) is 0 Å². The summed E-state index contributed by atoms with van der Waals surface area (Å²) in [5.74, 6) is 0.272. The number of hydrogen-bond donors (Lipinski definition) is 2. The number of carbonyl (C=O) groups excluding carboxylic acids is 1. The topological polar surface area (TPSA) is 80.0 Å². The van der Waals surface area contributed by atoms with Gasteiger partial charge in [-0.15, -0.1) is 16.4 Å². The maximum Gasteiger partial charge on any atom is 0.291 e. The lowest BCUT2D eigenvalue weighted by Gasteiger charge is -2.22. The molecule has 24 heavy (non-hydrogen) atoms. The van der Waals surface area contributed by atoms with E-state index in [1.165, 1.54) is 11.3 Å². The number of hydrogen-bond acceptors (Lipinski definition) is 5. The van der Waals surface area contributed by atoms with Crippen LogP contribution in [-0.2, 0) is 0 Å². The van der Waals surface area contributed by atoms with Gasteiger partial charge in [-0.25, -0.2) is 9.67 Å². The van der Waals surface area contributed by atoms with Crippen LogP contribution in [0.1, 0.15) is 24.5 Å². The molecule has 7 heteroatoms. The summed E-state index contributed by atoms with van der Waals surface area (Å²) in [6.07, 6.45) is 0. The molecule has 0 spiro atoms. The molecule has 3 rings (SSSR count). The SMILES string of the molecule is CC(C)(CO)NC(=O)c1nc(-c2cccs2)n(-c2ccccc2)n1. The number of para-hydroxylation sites is 1. The Morgan fingerprint density at radius 1 is 1.25 bits per heavy atom. The second kappa shape index (κ2) is 6.54. The Labute approximate surface area is 143 Å². The van der Waals surface area contributed by atoms with Crippen molar-refractivity contribution in [2.24, 2.45) is 0 Å². The minimum absolute atomic E-state index is 0.0729. The standard InChI is InChI=1S/C17H18N4O2S/c1-17(2,11-22)19-16(23)14-18-15(13-9-6-10-24-13)21(20-14)12-7-4-3-5-8-12/h3-10,22H,11H2,1-2H3,(H,19,23). The van der Waals surface area contributed by atoms with Crippen molar-refractivity contribution in [2.45, 2.75) is 19.4 Å². The number of aliphatic hydroxyl groups excluding tert-OH is 1. The lowest BCUT2D eigenvalue weighted by atomic mass is 10.1. The van der Waals surface area contributed by atoms with Gasteiger partial charge in [0.25, 0.3) is 5.91 Å². The number of benzene rings is 1. The van der Waals surface area contributed by atoms with Crippen LogP contribution >= 0.6 is 11.3 Å². The number of aliphatic hydroxyl groups is 1. The summed E-state index contributed by atoms with van der Waals surface area (Å²) in [6, 6.07) is 13.4. The fraction of sp³-hybridized carbons (Fsp3) is 0.235. The molecule has 1 amide bonds. The van der Waals surface area contributed by atoms with Crippen molar-refractivity contribution >= 4 is 17.2 Å². The fourth-order valence-corrected chi connectivity index (χ4v) is 2.82. The van der Waals surface area contributed by atoms with E-state index in [9.17, 15) is 9.90 Å². The monoisotopic (exact) mass is 342 g/mol. The zero-order valence-electron chi connectivity index (χ0n) is 13.4. The Kier molecular flexibility index (Phi) is 4.46. The van der Waals surface area contributed by atoms with Gasteiger partial charge < -0.3 is 10.4 Å². The highest BCUT2D eigenvalue weighted by Crippen LogP contribution is 2.25. The highest BCUT2D eigenvalue weighted by atomic mass is 32.1. The fourth-order valence-electron chi connectivity index (χ4n) is 2.13. The van der Waals surface area contributed by atoms with Crippen molar-refractivity contribution in [2.75, 3.05) is 6.61 Å². The first kappa shape index (κ1) is 16.4. The maximum atomic E-state index is 12.4. The highest BCUT2D eigenvalue weighted by Gasteiger charge is 2.24. The molecule has 0 saturated heterocycles. The first-order chi connectivity index (χ1) is 11.5. The molecule has 1 aromatic carbocycles. The number of rotatable bonds is 5. The van der Waals surface area contributed by atoms with E-state index >= 15 is 0 Å². The smallest absolute Gasteiger partial charge is 0.291 e. The molecule has 0 aliphatic carbocycles. The highest BCUT2D eigenvalue weighted by molar-refractivity contribution is 7.13. The van der Waals surface area contributed by atoms with E-state index in [1.807, 2.05) is 47.8 Å². The van der Waals surface area contributed by atoms with Gasteiger partial charge in [0.05, 0.1) is 22.7 Å². The lowest BCUT2D eigenvalue weighted by molar-refractivity contribution is 0.0859. The summed E-state index contributed by atoms with van der Waals surface area (Å²) in [4.78, 5) is 17.8. The summed E-state index contributed by atoms with van der Waals surface area (Å²) >= 11 is 1.53. The molecular weight excluding hydrogens is 324 g/mol. The van der Waals surface area contributed by atoms with Gasteiger partial charge in [0, 0.05) is 0 Å². The molecule has 2 heterocycles. The van der Waals surface area contributed by atoms with E-state index in [0.29, 0.717) is 5.82 Å². The van der Waals surface area contributed by atoms with E-state index in [2.05, 4.69) is 15.4 Å². The van der Waals surface area contributed by atoms with Crippen molar-refractivity contribution < 1.29 is 9.90 Å². The van der Waals surface area contributed by atoms with E-state index in [0.717, 1.165) is 10.6 Å². The number of carbonyl (C=O) groups is 1. The third-order valence-electron chi connectivity index (χ3n) is 3.40. The summed E-state index contributed by atoms with van der Waals surface area (Å²) in [5, 5.41) is 18.4. The van der Waals surface area contributed by atoms with Crippen LogP contribution < -0.4 is 5.32 Å². The maximum absolute atomic E-state index is 12.4. The Balaban J connectivity index is 2.03. The average molecular weight is 342 g/mol. The van der Waals surface area contributed by atoms with E-state index in [1.54, 1.807) is 18.5 Å². The van der Waals surface area contributed by atoms with Crippen LogP contribution in [0.5, 0.6) is 0 Å². The number of nitrogens with zero attached hydrogens (tertiary/aromatic N) is 3. The van der Waals surface area contributed by atoms with Gasteiger partial charge in [0.15, 0.2) is 5.82 Å². The average Bonchev–Trinajstić information content (AvgIpc) is 3.24. The normalized spacial score (nSPS) is 11.5. The molecule has 2 aromatic heterocycles. The minimum Gasteiger partial charge on any atom is -0.394 e. The number of amides is 1. The number of thiophene rings is 1. The van der Waals surface area contributed by atoms with E-state index in [4.69, 9.17) is 0 Å². The van der Waals surface area contributed by atoms with Crippen molar-refractivity contribution in [3.05, 3.63) is 53.7 Å². The molecule has 124 valence electrons. The van der Waals surface area contributed by atoms with Crippen molar-refractivity contribution in [1.82, 2.24) is 20.1 Å². The molecule has 0 aliphatic heterocycles. The Morgan fingerprint density at radius 3 is 2.62 bits per heavy atom. The first-order valence-electron chi connectivity index (χ1n) is 7.50. The van der Waals surface area contributed by atoms with Crippen LogP contribution in [0.4, 0.5) is 0 Å². The predicted octanol–water partition coefficient (Wildman–Crippen LogP) is 2.50. The molecule has 2 N–H and O–H groups in total. The number of nitrogens with one attached hydrogen (secondary N) is 1. The number of aromatic nitrogens is 3. The van der Waals surface area contributed by atoms with Gasteiger partial charge >= 0.3 is 0 Å². The Hall–Kier alpha value is -2.51. The third-order valence-corrected chi connectivity index (χ3v) is 4.27. The Bertz CT molecular complexity index is 826. The van der Waals surface area contributed by atoms with E-state index in [-0.39, 0.29) is 12.4 Å².